The summed E-state index contributed by atoms with van der Waals surface area (Å²) in [6.07, 6.45) is 4.73. The van der Waals surface area contributed by atoms with Crippen LogP contribution in [0.15, 0.2) is 36.0 Å². The van der Waals surface area contributed by atoms with Gasteiger partial charge in [0, 0.05) is 56.8 Å². The summed E-state index contributed by atoms with van der Waals surface area (Å²) in [7, 11) is 2.15. The van der Waals surface area contributed by atoms with E-state index < -0.39 is 0 Å². The lowest BCUT2D eigenvalue weighted by molar-refractivity contribution is -0.127. The largest absolute Gasteiger partial charge is 0.369 e. The highest BCUT2D eigenvalue weighted by Gasteiger charge is 2.20. The molecule has 0 bridgehead atoms. The Balaban J connectivity index is 1.59. The number of nitrogens with one attached hydrogen (secondary N) is 1. The second kappa shape index (κ2) is 8.72. The zero-order valence-corrected chi connectivity index (χ0v) is 15.4. The van der Waals surface area contributed by atoms with Crippen LogP contribution < -0.4 is 10.2 Å². The van der Waals surface area contributed by atoms with Crippen molar-refractivity contribution in [3.05, 3.63) is 36.0 Å². The normalized spacial score (nSPS) is 19.2. The number of amides is 1. The fourth-order valence-corrected chi connectivity index (χ4v) is 3.40. The van der Waals surface area contributed by atoms with E-state index in [2.05, 4.69) is 34.3 Å². The second-order valence-electron chi connectivity index (χ2n) is 7.00. The Kier molecular flexibility index (Phi) is 6.13. The van der Waals surface area contributed by atoms with Crippen molar-refractivity contribution in [2.24, 2.45) is 0 Å². The van der Waals surface area contributed by atoms with Crippen molar-refractivity contribution < 1.29 is 4.79 Å². The summed E-state index contributed by atoms with van der Waals surface area (Å²) in [5, 5.41) is 12.4. The molecule has 0 spiro atoms. The van der Waals surface area contributed by atoms with Crippen molar-refractivity contribution in [1.82, 2.24) is 9.80 Å². The number of hydrogen-bond donors (Lipinski definition) is 1. The van der Waals surface area contributed by atoms with Gasteiger partial charge >= 0.3 is 0 Å². The first-order valence-corrected chi connectivity index (χ1v) is 9.37. The fraction of sp³-hybridized carbons (Fsp3) is 0.500. The van der Waals surface area contributed by atoms with Crippen LogP contribution in [0.2, 0.25) is 0 Å². The average Bonchev–Trinajstić information content (AvgIpc) is 2.70. The average molecular weight is 353 g/mol. The smallest absolute Gasteiger partial charge is 0.266 e. The first kappa shape index (κ1) is 18.3. The molecule has 1 aromatic rings. The Morgan fingerprint density at radius 2 is 1.69 bits per heavy atom. The molecule has 2 heterocycles. The number of likely N-dealkylation sites (N-methyl/N-ethyl adjacent to an activating group) is 1. The van der Waals surface area contributed by atoms with Crippen LogP contribution in [0.4, 0.5) is 11.4 Å². The molecule has 1 N–H and O–H groups in total. The van der Waals surface area contributed by atoms with Crippen LogP contribution in [0.1, 0.15) is 19.3 Å². The number of carbonyl (C=O) groups excluding carboxylic acids is 1. The maximum Gasteiger partial charge on any atom is 0.266 e. The van der Waals surface area contributed by atoms with Crippen molar-refractivity contribution in [1.29, 1.82) is 5.26 Å². The topological polar surface area (TPSA) is 62.6 Å². The van der Waals surface area contributed by atoms with E-state index in [-0.39, 0.29) is 11.5 Å². The van der Waals surface area contributed by atoms with Crippen LogP contribution in [0, 0.1) is 11.3 Å². The monoisotopic (exact) mass is 353 g/mol. The van der Waals surface area contributed by atoms with Crippen molar-refractivity contribution in [3.63, 3.8) is 0 Å². The van der Waals surface area contributed by atoms with Gasteiger partial charge in [-0.3, -0.25) is 4.79 Å². The third kappa shape index (κ3) is 4.55. The van der Waals surface area contributed by atoms with Gasteiger partial charge in [-0.25, -0.2) is 0 Å². The van der Waals surface area contributed by atoms with Gasteiger partial charge in [0.25, 0.3) is 5.91 Å². The number of piperidine rings is 1. The van der Waals surface area contributed by atoms with E-state index in [1.807, 2.05) is 18.2 Å². The third-order valence-corrected chi connectivity index (χ3v) is 5.11. The van der Waals surface area contributed by atoms with E-state index in [0.29, 0.717) is 0 Å². The van der Waals surface area contributed by atoms with Crippen molar-refractivity contribution in [2.45, 2.75) is 19.3 Å². The van der Waals surface area contributed by atoms with E-state index >= 15 is 0 Å². The van der Waals surface area contributed by atoms with Crippen LogP contribution in [0.3, 0.4) is 0 Å². The molecule has 1 amide bonds. The van der Waals surface area contributed by atoms with Crippen molar-refractivity contribution in [2.75, 3.05) is 56.5 Å². The summed E-state index contributed by atoms with van der Waals surface area (Å²) in [5.74, 6) is -0.172. The SMILES string of the molecule is CN1CCN(c2ccc(N/C=C(/C#N)C(=O)N3CCCCC3)cc2)CC1. The van der Waals surface area contributed by atoms with Crippen molar-refractivity contribution in [3.8, 4) is 6.07 Å². The molecule has 0 atom stereocenters. The molecule has 26 heavy (non-hydrogen) atoms. The van der Waals surface area contributed by atoms with E-state index in [1.165, 1.54) is 11.9 Å². The second-order valence-corrected chi connectivity index (χ2v) is 7.00. The van der Waals surface area contributed by atoms with Gasteiger partial charge in [-0.1, -0.05) is 0 Å². The lowest BCUT2D eigenvalue weighted by atomic mass is 10.1. The minimum Gasteiger partial charge on any atom is -0.369 e. The summed E-state index contributed by atoms with van der Waals surface area (Å²) < 4.78 is 0. The summed E-state index contributed by atoms with van der Waals surface area (Å²) in [6.45, 7) is 5.72. The summed E-state index contributed by atoms with van der Waals surface area (Å²) >= 11 is 0. The highest BCUT2D eigenvalue weighted by atomic mass is 16.2. The number of nitrogens with zero attached hydrogens (tertiary/aromatic N) is 4. The molecule has 138 valence electrons. The van der Waals surface area contributed by atoms with Gasteiger partial charge < -0.3 is 20.0 Å². The third-order valence-electron chi connectivity index (χ3n) is 5.11. The molecule has 0 saturated carbocycles. The lowest BCUT2D eigenvalue weighted by Gasteiger charge is -2.34. The number of nitriles is 1. The van der Waals surface area contributed by atoms with Gasteiger partial charge in [-0.05, 0) is 50.6 Å². The highest BCUT2D eigenvalue weighted by molar-refractivity contribution is 5.97. The van der Waals surface area contributed by atoms with Gasteiger partial charge in [-0.2, -0.15) is 5.26 Å². The lowest BCUT2D eigenvalue weighted by Crippen LogP contribution is -2.44. The minimum atomic E-state index is -0.172. The van der Waals surface area contributed by atoms with Crippen LogP contribution in [0.25, 0.3) is 0 Å². The zero-order valence-electron chi connectivity index (χ0n) is 15.4. The van der Waals surface area contributed by atoms with Crippen molar-refractivity contribution >= 4 is 17.3 Å². The molecule has 0 unspecified atom stereocenters. The van der Waals surface area contributed by atoms with Gasteiger partial charge in [0.2, 0.25) is 0 Å². The molecule has 6 nitrogen and oxygen atoms in total. The molecular formula is C20H27N5O. The van der Waals surface area contributed by atoms with Gasteiger partial charge in [0.1, 0.15) is 11.6 Å². The number of rotatable bonds is 4. The molecule has 2 saturated heterocycles. The van der Waals surface area contributed by atoms with Crippen LogP contribution >= 0.6 is 0 Å². The highest BCUT2D eigenvalue weighted by Crippen LogP contribution is 2.20. The molecular weight excluding hydrogens is 326 g/mol. The van der Waals surface area contributed by atoms with Gasteiger partial charge in [-0.15, -0.1) is 0 Å². The number of piperazine rings is 1. The molecule has 2 aliphatic heterocycles. The predicted molar refractivity (Wildman–Crippen MR) is 104 cm³/mol. The summed E-state index contributed by atoms with van der Waals surface area (Å²) in [5.41, 5.74) is 2.25. The molecule has 2 fully saturated rings. The summed E-state index contributed by atoms with van der Waals surface area (Å²) in [4.78, 5) is 18.9. The quantitative estimate of drug-likeness (QED) is 0.665. The van der Waals surface area contributed by atoms with Crippen LogP contribution in [-0.4, -0.2) is 62.0 Å². The first-order chi connectivity index (χ1) is 12.7. The Hall–Kier alpha value is -2.52. The first-order valence-electron chi connectivity index (χ1n) is 9.37. The Morgan fingerprint density at radius 1 is 1.04 bits per heavy atom. The minimum absolute atomic E-state index is 0.162. The summed E-state index contributed by atoms with van der Waals surface area (Å²) in [6, 6.07) is 10.2. The molecule has 2 aliphatic rings. The Bertz CT molecular complexity index is 677. The molecule has 1 aromatic carbocycles. The van der Waals surface area contributed by atoms with Crippen LogP contribution in [0.5, 0.6) is 0 Å². The number of benzene rings is 1. The molecule has 0 radical (unpaired) electrons. The van der Waals surface area contributed by atoms with E-state index in [9.17, 15) is 10.1 Å². The number of hydrogen-bond acceptors (Lipinski definition) is 5. The zero-order chi connectivity index (χ0) is 18.4. The molecule has 6 heteroatoms. The van der Waals surface area contributed by atoms with E-state index in [1.54, 1.807) is 4.90 Å². The van der Waals surface area contributed by atoms with Gasteiger partial charge in [0.15, 0.2) is 0 Å². The maximum atomic E-state index is 12.4. The van der Waals surface area contributed by atoms with Crippen LogP contribution in [-0.2, 0) is 4.79 Å². The maximum absolute atomic E-state index is 12.4. The number of carbonyl (C=O) groups is 1. The van der Waals surface area contributed by atoms with E-state index in [4.69, 9.17) is 0 Å². The predicted octanol–water partition coefficient (Wildman–Crippen LogP) is 2.27. The molecule has 3 rings (SSSR count). The standard InChI is InChI=1S/C20H27N5O/c1-23-11-13-24(14-12-23)19-7-5-18(6-8-19)22-16-17(15-21)20(26)25-9-3-2-4-10-25/h5-8,16,22H,2-4,9-14H2,1H3/b17-16-. The van der Waals surface area contributed by atoms with Gasteiger partial charge in [0.05, 0.1) is 0 Å². The Morgan fingerprint density at radius 3 is 2.31 bits per heavy atom. The molecule has 0 aromatic heterocycles. The number of anilines is 2. The number of likely N-dealkylation sites (tertiary alicyclic amines) is 1. The molecule has 0 aliphatic carbocycles. The van der Waals surface area contributed by atoms with E-state index in [0.717, 1.165) is 64.2 Å². The Labute approximate surface area is 155 Å². The fourth-order valence-electron chi connectivity index (χ4n) is 3.40.